The fourth-order valence-electron chi connectivity index (χ4n) is 4.63. The lowest BCUT2D eigenvalue weighted by Crippen LogP contribution is -2.50. The minimum Gasteiger partial charge on any atom is -0.352 e. The standard InChI is InChI=1S/C27H33Cl2F2N3O4S/c1-18(27(36)32-21-7-4-3-5-8-21)33(17-19-10-11-20(28)15-23(19)29)26(35)9-6-14-34(39(2,37)38)22-12-13-24(30)25(31)16-22/h10-13,15-16,18,21H,3-9,14,17H2,1-2H3,(H,32,36)/t18-/m1/s1. The Morgan fingerprint density at radius 2 is 1.74 bits per heavy atom. The fourth-order valence-corrected chi connectivity index (χ4v) is 6.05. The van der Waals surface area contributed by atoms with Gasteiger partial charge in [-0.25, -0.2) is 17.2 Å². The molecule has 2 amide bonds. The van der Waals surface area contributed by atoms with E-state index < -0.39 is 27.7 Å². The molecule has 1 saturated carbocycles. The van der Waals surface area contributed by atoms with E-state index in [1.54, 1.807) is 25.1 Å². The van der Waals surface area contributed by atoms with Crippen LogP contribution in [0, 0.1) is 11.6 Å². The average molecular weight is 605 g/mol. The van der Waals surface area contributed by atoms with Crippen molar-refractivity contribution in [1.82, 2.24) is 10.2 Å². The second-order valence-corrected chi connectivity index (χ2v) is 12.6. The number of carbonyl (C=O) groups is 2. The smallest absolute Gasteiger partial charge is 0.242 e. The van der Waals surface area contributed by atoms with Crippen LogP contribution < -0.4 is 9.62 Å². The highest BCUT2D eigenvalue weighted by Gasteiger charge is 2.29. The number of nitrogens with one attached hydrogen (secondary N) is 1. The summed E-state index contributed by atoms with van der Waals surface area (Å²) in [7, 11) is -3.84. The van der Waals surface area contributed by atoms with Crippen LogP contribution in [0.1, 0.15) is 57.4 Å². The first kappa shape index (κ1) is 31.1. The molecule has 214 valence electrons. The first-order valence-electron chi connectivity index (χ1n) is 12.8. The van der Waals surface area contributed by atoms with Crippen LogP contribution >= 0.6 is 23.2 Å². The van der Waals surface area contributed by atoms with Crippen LogP contribution in [0.4, 0.5) is 14.5 Å². The molecule has 1 fully saturated rings. The van der Waals surface area contributed by atoms with E-state index in [9.17, 15) is 26.8 Å². The summed E-state index contributed by atoms with van der Waals surface area (Å²) in [5, 5.41) is 3.83. The molecular formula is C27H33Cl2F2N3O4S. The van der Waals surface area contributed by atoms with Crippen molar-refractivity contribution in [3.63, 3.8) is 0 Å². The van der Waals surface area contributed by atoms with Crippen molar-refractivity contribution >= 4 is 50.7 Å². The van der Waals surface area contributed by atoms with E-state index in [2.05, 4.69) is 5.32 Å². The molecule has 2 aromatic carbocycles. The van der Waals surface area contributed by atoms with Crippen molar-refractivity contribution < 1.29 is 26.8 Å². The molecule has 0 bridgehead atoms. The van der Waals surface area contributed by atoms with Crippen LogP contribution in [0.3, 0.4) is 0 Å². The highest BCUT2D eigenvalue weighted by molar-refractivity contribution is 7.92. The molecule has 39 heavy (non-hydrogen) atoms. The summed E-state index contributed by atoms with van der Waals surface area (Å²) in [6, 6.07) is 6.93. The Kier molecular flexibility index (Phi) is 11.0. The maximum absolute atomic E-state index is 13.8. The lowest BCUT2D eigenvalue weighted by atomic mass is 9.95. The zero-order valence-corrected chi connectivity index (χ0v) is 24.3. The van der Waals surface area contributed by atoms with Gasteiger partial charge in [0.1, 0.15) is 6.04 Å². The third kappa shape index (κ3) is 8.78. The number of sulfonamides is 1. The number of halogens is 4. The second kappa shape index (κ2) is 13.8. The van der Waals surface area contributed by atoms with E-state index in [0.717, 1.165) is 60.9 Å². The van der Waals surface area contributed by atoms with Crippen LogP contribution in [0.15, 0.2) is 36.4 Å². The molecule has 0 unspecified atom stereocenters. The van der Waals surface area contributed by atoms with Crippen LogP contribution in [0.5, 0.6) is 0 Å². The predicted octanol–water partition coefficient (Wildman–Crippen LogP) is 5.68. The fraction of sp³-hybridized carbons (Fsp3) is 0.481. The number of nitrogens with zero attached hydrogens (tertiary/aromatic N) is 2. The molecular weight excluding hydrogens is 571 g/mol. The highest BCUT2D eigenvalue weighted by Crippen LogP contribution is 2.25. The van der Waals surface area contributed by atoms with Crippen LogP contribution in [-0.4, -0.2) is 50.0 Å². The molecule has 3 rings (SSSR count). The Bertz CT molecular complexity index is 1290. The van der Waals surface area contributed by atoms with E-state index in [1.807, 2.05) is 0 Å². The number of rotatable bonds is 11. The number of benzene rings is 2. The monoisotopic (exact) mass is 603 g/mol. The third-order valence-corrected chi connectivity index (χ3v) is 8.60. The zero-order chi connectivity index (χ0) is 28.7. The van der Waals surface area contributed by atoms with E-state index in [-0.39, 0.29) is 49.5 Å². The zero-order valence-electron chi connectivity index (χ0n) is 21.9. The molecule has 1 aliphatic carbocycles. The maximum atomic E-state index is 13.8. The Balaban J connectivity index is 1.75. The normalized spacial score (nSPS) is 15.0. The molecule has 1 atom stereocenters. The van der Waals surface area contributed by atoms with Gasteiger partial charge in [0.25, 0.3) is 0 Å². The van der Waals surface area contributed by atoms with E-state index in [0.29, 0.717) is 15.6 Å². The number of hydrogen-bond acceptors (Lipinski definition) is 4. The molecule has 0 saturated heterocycles. The van der Waals surface area contributed by atoms with Gasteiger partial charge in [-0.2, -0.15) is 0 Å². The molecule has 0 aromatic heterocycles. The highest BCUT2D eigenvalue weighted by atomic mass is 35.5. The molecule has 1 aliphatic rings. The largest absolute Gasteiger partial charge is 0.352 e. The van der Waals surface area contributed by atoms with Gasteiger partial charge in [-0.15, -0.1) is 0 Å². The van der Waals surface area contributed by atoms with Crippen LogP contribution in [-0.2, 0) is 26.2 Å². The summed E-state index contributed by atoms with van der Waals surface area (Å²) in [5.74, 6) is -2.94. The van der Waals surface area contributed by atoms with Gasteiger partial charge in [-0.3, -0.25) is 13.9 Å². The van der Waals surface area contributed by atoms with Gasteiger partial charge < -0.3 is 10.2 Å². The van der Waals surface area contributed by atoms with Gasteiger partial charge in [-0.1, -0.05) is 48.5 Å². The van der Waals surface area contributed by atoms with Crippen molar-refractivity contribution in [3.05, 3.63) is 63.6 Å². The lowest BCUT2D eigenvalue weighted by Gasteiger charge is -2.32. The van der Waals surface area contributed by atoms with Crippen molar-refractivity contribution in [3.8, 4) is 0 Å². The summed E-state index contributed by atoms with van der Waals surface area (Å²) >= 11 is 12.4. The van der Waals surface area contributed by atoms with Gasteiger partial charge in [0, 0.05) is 41.7 Å². The van der Waals surface area contributed by atoms with Crippen molar-refractivity contribution in [2.75, 3.05) is 17.1 Å². The van der Waals surface area contributed by atoms with Gasteiger partial charge in [0.15, 0.2) is 11.6 Å². The quantitative estimate of drug-likeness (QED) is 0.358. The number of hydrogen-bond donors (Lipinski definition) is 1. The summed E-state index contributed by atoms with van der Waals surface area (Å²) in [4.78, 5) is 28.0. The minimum absolute atomic E-state index is 0.0473. The molecule has 1 N–H and O–H groups in total. The molecule has 12 heteroatoms. The number of anilines is 1. The number of amides is 2. The van der Waals surface area contributed by atoms with Gasteiger partial charge in [-0.05, 0) is 56.0 Å². The summed E-state index contributed by atoms with van der Waals surface area (Å²) < 4.78 is 52.8. The van der Waals surface area contributed by atoms with Crippen molar-refractivity contribution in [2.45, 2.75) is 70.5 Å². The summed E-state index contributed by atoms with van der Waals surface area (Å²) in [6.07, 6.45) is 5.92. The molecule has 7 nitrogen and oxygen atoms in total. The molecule has 0 heterocycles. The van der Waals surface area contributed by atoms with Crippen molar-refractivity contribution in [1.29, 1.82) is 0 Å². The van der Waals surface area contributed by atoms with Gasteiger partial charge in [0.05, 0.1) is 11.9 Å². The molecule has 0 aliphatic heterocycles. The Hall–Kier alpha value is -2.43. The minimum atomic E-state index is -3.84. The summed E-state index contributed by atoms with van der Waals surface area (Å²) in [6.45, 7) is 1.55. The Labute approximate surface area is 238 Å². The van der Waals surface area contributed by atoms with Crippen molar-refractivity contribution in [2.24, 2.45) is 0 Å². The van der Waals surface area contributed by atoms with Gasteiger partial charge >= 0.3 is 0 Å². The van der Waals surface area contributed by atoms with Gasteiger partial charge in [0.2, 0.25) is 21.8 Å². The molecule has 2 aromatic rings. The van der Waals surface area contributed by atoms with E-state index >= 15 is 0 Å². The Morgan fingerprint density at radius 1 is 1.05 bits per heavy atom. The van der Waals surface area contributed by atoms with Crippen LogP contribution in [0.25, 0.3) is 0 Å². The topological polar surface area (TPSA) is 86.8 Å². The van der Waals surface area contributed by atoms with Crippen LogP contribution in [0.2, 0.25) is 10.0 Å². The predicted molar refractivity (Wildman–Crippen MR) is 149 cm³/mol. The Morgan fingerprint density at radius 3 is 2.36 bits per heavy atom. The SMILES string of the molecule is C[C@H](C(=O)NC1CCCCC1)N(Cc1ccc(Cl)cc1Cl)C(=O)CCCN(c1ccc(F)c(F)c1)S(C)(=O)=O. The lowest BCUT2D eigenvalue weighted by molar-refractivity contribution is -0.141. The van der Waals surface area contributed by atoms with E-state index in [4.69, 9.17) is 23.2 Å². The van der Waals surface area contributed by atoms with E-state index in [1.165, 1.54) is 4.90 Å². The maximum Gasteiger partial charge on any atom is 0.242 e. The first-order chi connectivity index (χ1) is 18.4. The molecule has 0 spiro atoms. The third-order valence-electron chi connectivity index (χ3n) is 6.82. The summed E-state index contributed by atoms with van der Waals surface area (Å²) in [5.41, 5.74) is 0.556. The molecule has 0 radical (unpaired) electrons. The average Bonchev–Trinajstić information content (AvgIpc) is 2.87. The number of carbonyl (C=O) groups excluding carboxylic acids is 2. The second-order valence-electron chi connectivity index (χ2n) is 9.81. The first-order valence-corrected chi connectivity index (χ1v) is 15.4.